The summed E-state index contributed by atoms with van der Waals surface area (Å²) >= 11 is 0. The molecule has 2 aromatic heterocycles. The number of hydrogen-bond acceptors (Lipinski definition) is 8. The number of tetrazole rings is 1. The zero-order valence-electron chi connectivity index (χ0n) is 27.2. The molecule has 4 aromatic rings. The van der Waals surface area contributed by atoms with Gasteiger partial charge in [-0.1, -0.05) is 30.3 Å². The summed E-state index contributed by atoms with van der Waals surface area (Å²) < 4.78 is 5.34. The summed E-state index contributed by atoms with van der Waals surface area (Å²) in [6, 6.07) is 18.3. The van der Waals surface area contributed by atoms with E-state index in [0.717, 1.165) is 40.8 Å². The fourth-order valence-electron chi connectivity index (χ4n) is 5.73. The second-order valence-corrected chi connectivity index (χ2v) is 13.0. The quantitative estimate of drug-likeness (QED) is 0.183. The van der Waals surface area contributed by atoms with Gasteiger partial charge in [0.15, 0.2) is 0 Å². The molecule has 1 fully saturated rings. The summed E-state index contributed by atoms with van der Waals surface area (Å²) in [7, 11) is 0. The lowest BCUT2D eigenvalue weighted by Crippen LogP contribution is -2.48. The third-order valence-electron chi connectivity index (χ3n) is 8.25. The maximum Gasteiger partial charge on any atom is 0.407 e. The molecule has 0 aliphatic heterocycles. The van der Waals surface area contributed by atoms with Crippen LogP contribution in [-0.4, -0.2) is 61.7 Å². The summed E-state index contributed by atoms with van der Waals surface area (Å²) in [5, 5.41) is 22.8. The van der Waals surface area contributed by atoms with Crippen molar-refractivity contribution in [3.63, 3.8) is 0 Å². The Morgan fingerprint density at radius 2 is 1.66 bits per heavy atom. The van der Waals surface area contributed by atoms with Crippen LogP contribution in [0.3, 0.4) is 0 Å². The Morgan fingerprint density at radius 3 is 2.30 bits per heavy atom. The summed E-state index contributed by atoms with van der Waals surface area (Å²) in [4.78, 5) is 43.6. The molecule has 1 saturated carbocycles. The number of pyridine rings is 1. The van der Waals surface area contributed by atoms with Crippen LogP contribution in [0.15, 0.2) is 66.9 Å². The minimum absolute atomic E-state index is 0.140. The fraction of sp³-hybridized carbons (Fsp3) is 0.400. The number of nitrogens with one attached hydrogen (secondary N) is 4. The first-order valence-electron chi connectivity index (χ1n) is 16.0. The molecular weight excluding hydrogens is 596 g/mol. The molecule has 246 valence electrons. The number of aromatic amines is 1. The van der Waals surface area contributed by atoms with Crippen LogP contribution < -0.4 is 16.0 Å². The highest BCUT2D eigenvalue weighted by Gasteiger charge is 2.30. The average Bonchev–Trinajstić information content (AvgIpc) is 3.59. The molecule has 1 unspecified atom stereocenters. The van der Waals surface area contributed by atoms with Gasteiger partial charge in [0.05, 0.1) is 0 Å². The SMILES string of the molecule is Cc1ncccc1-c1ccc(CC(NC(=O)C2CCC(CNC(=O)OC(C)(C)C)CC2)C(=O)Nc2ccc(-c3nn[nH]n3)cc2)cc1. The Kier molecular flexibility index (Phi) is 10.6. The molecule has 2 aromatic carbocycles. The van der Waals surface area contributed by atoms with E-state index in [1.54, 1.807) is 30.5 Å². The predicted molar refractivity (Wildman–Crippen MR) is 178 cm³/mol. The van der Waals surface area contributed by atoms with Gasteiger partial charge in [-0.25, -0.2) is 4.79 Å². The van der Waals surface area contributed by atoms with Crippen LogP contribution in [0, 0.1) is 18.8 Å². The Morgan fingerprint density at radius 1 is 0.957 bits per heavy atom. The molecule has 12 heteroatoms. The Bertz CT molecular complexity index is 1640. The number of amides is 3. The van der Waals surface area contributed by atoms with E-state index in [2.05, 4.69) is 41.6 Å². The minimum atomic E-state index is -0.795. The van der Waals surface area contributed by atoms with Crippen LogP contribution >= 0.6 is 0 Å². The van der Waals surface area contributed by atoms with Gasteiger partial charge in [-0.3, -0.25) is 14.6 Å². The van der Waals surface area contributed by atoms with E-state index in [9.17, 15) is 14.4 Å². The molecular formula is C35H42N8O4. The van der Waals surface area contributed by atoms with Crippen molar-refractivity contribution in [2.75, 3.05) is 11.9 Å². The number of carbonyl (C=O) groups is 3. The van der Waals surface area contributed by atoms with Gasteiger partial charge >= 0.3 is 6.09 Å². The molecule has 2 heterocycles. The van der Waals surface area contributed by atoms with E-state index in [1.807, 2.05) is 64.1 Å². The highest BCUT2D eigenvalue weighted by molar-refractivity contribution is 5.97. The number of ether oxygens (including phenoxy) is 1. The standard InChI is InChI=1S/C35H42N8O4/c1-22-29(6-5-19-36-22)25-11-7-23(8-12-25)20-30(33(45)38-28-17-15-26(16-18-28)31-40-42-43-41-31)39-32(44)27-13-9-24(10-14-27)21-37-34(46)47-35(2,3)4/h5-8,11-12,15-19,24,27,30H,9-10,13-14,20-21H2,1-4H3,(H,37,46)(H,38,45)(H,39,44)(H,40,41,42,43). The molecule has 47 heavy (non-hydrogen) atoms. The maximum absolute atomic E-state index is 13.7. The number of nitrogens with zero attached hydrogens (tertiary/aromatic N) is 4. The smallest absolute Gasteiger partial charge is 0.407 e. The van der Waals surface area contributed by atoms with Gasteiger partial charge in [-0.15, -0.1) is 10.2 Å². The molecule has 0 spiro atoms. The number of aromatic nitrogens is 5. The lowest BCUT2D eigenvalue weighted by molar-refractivity contribution is -0.130. The van der Waals surface area contributed by atoms with Crippen molar-refractivity contribution in [2.45, 2.75) is 71.4 Å². The molecule has 0 radical (unpaired) electrons. The van der Waals surface area contributed by atoms with E-state index in [1.165, 1.54) is 0 Å². The number of rotatable bonds is 10. The molecule has 3 amide bonds. The van der Waals surface area contributed by atoms with Crippen LogP contribution in [0.25, 0.3) is 22.5 Å². The van der Waals surface area contributed by atoms with Crippen LogP contribution in [0.4, 0.5) is 10.5 Å². The summed E-state index contributed by atoms with van der Waals surface area (Å²) in [5.74, 6) is 0.0523. The summed E-state index contributed by atoms with van der Waals surface area (Å²) in [6.07, 6.45) is 4.61. The van der Waals surface area contributed by atoms with Crippen molar-refractivity contribution in [2.24, 2.45) is 11.8 Å². The lowest BCUT2D eigenvalue weighted by atomic mass is 9.81. The Balaban J connectivity index is 1.23. The van der Waals surface area contributed by atoms with Gasteiger partial charge in [0.1, 0.15) is 11.6 Å². The second-order valence-electron chi connectivity index (χ2n) is 13.0. The number of hydrogen-bond donors (Lipinski definition) is 4. The molecule has 12 nitrogen and oxygen atoms in total. The Hall–Kier alpha value is -5.13. The zero-order chi connectivity index (χ0) is 33.4. The molecule has 5 rings (SSSR count). The summed E-state index contributed by atoms with van der Waals surface area (Å²) in [6.45, 7) is 7.97. The first-order valence-corrected chi connectivity index (χ1v) is 16.0. The van der Waals surface area contributed by atoms with Crippen LogP contribution in [0.1, 0.15) is 57.7 Å². The van der Waals surface area contributed by atoms with Crippen molar-refractivity contribution in [3.8, 4) is 22.5 Å². The van der Waals surface area contributed by atoms with E-state index < -0.39 is 17.7 Å². The van der Waals surface area contributed by atoms with Crippen molar-refractivity contribution in [1.82, 2.24) is 36.2 Å². The molecule has 0 bridgehead atoms. The molecule has 1 atom stereocenters. The van der Waals surface area contributed by atoms with Gasteiger partial charge in [-0.05, 0) is 106 Å². The number of alkyl carbamates (subject to hydrolysis) is 1. The molecule has 1 aliphatic rings. The molecule has 4 N–H and O–H groups in total. The second kappa shape index (κ2) is 15.0. The van der Waals surface area contributed by atoms with Crippen molar-refractivity contribution >= 4 is 23.6 Å². The topological polar surface area (TPSA) is 164 Å². The fourth-order valence-corrected chi connectivity index (χ4v) is 5.73. The van der Waals surface area contributed by atoms with Gasteiger partial charge in [0.2, 0.25) is 17.6 Å². The first-order chi connectivity index (χ1) is 22.5. The van der Waals surface area contributed by atoms with E-state index in [0.29, 0.717) is 37.3 Å². The van der Waals surface area contributed by atoms with E-state index in [-0.39, 0.29) is 23.7 Å². The number of carbonyl (C=O) groups excluding carboxylic acids is 3. The monoisotopic (exact) mass is 638 g/mol. The third-order valence-corrected chi connectivity index (χ3v) is 8.25. The highest BCUT2D eigenvalue weighted by atomic mass is 16.6. The largest absolute Gasteiger partial charge is 0.444 e. The van der Waals surface area contributed by atoms with E-state index in [4.69, 9.17) is 4.74 Å². The number of H-pyrrole nitrogens is 1. The van der Waals surface area contributed by atoms with Crippen LogP contribution in [0.5, 0.6) is 0 Å². The first kappa shape index (κ1) is 33.2. The highest BCUT2D eigenvalue weighted by Crippen LogP contribution is 2.29. The normalized spacial score (nSPS) is 16.9. The Labute approximate surface area is 274 Å². The van der Waals surface area contributed by atoms with E-state index >= 15 is 0 Å². The number of benzene rings is 2. The maximum atomic E-state index is 13.7. The molecule has 1 aliphatic carbocycles. The van der Waals surface area contributed by atoms with Crippen LogP contribution in [-0.2, 0) is 20.7 Å². The molecule has 0 saturated heterocycles. The van der Waals surface area contributed by atoms with Gasteiger partial charge in [0, 0.05) is 47.6 Å². The van der Waals surface area contributed by atoms with Crippen LogP contribution in [0.2, 0.25) is 0 Å². The van der Waals surface area contributed by atoms with Crippen molar-refractivity contribution in [3.05, 3.63) is 78.1 Å². The lowest BCUT2D eigenvalue weighted by Gasteiger charge is -2.29. The van der Waals surface area contributed by atoms with Gasteiger partial charge in [0.25, 0.3) is 0 Å². The minimum Gasteiger partial charge on any atom is -0.444 e. The predicted octanol–water partition coefficient (Wildman–Crippen LogP) is 5.23. The zero-order valence-corrected chi connectivity index (χ0v) is 27.2. The third kappa shape index (κ3) is 9.44. The number of aryl methyl sites for hydroxylation is 1. The average molecular weight is 639 g/mol. The van der Waals surface area contributed by atoms with Gasteiger partial charge < -0.3 is 20.7 Å². The number of anilines is 1. The van der Waals surface area contributed by atoms with Crippen molar-refractivity contribution < 1.29 is 19.1 Å². The summed E-state index contributed by atoms with van der Waals surface area (Å²) in [5.41, 5.74) is 4.71. The van der Waals surface area contributed by atoms with Crippen molar-refractivity contribution in [1.29, 1.82) is 0 Å². The van der Waals surface area contributed by atoms with Gasteiger partial charge in [-0.2, -0.15) is 5.21 Å².